The molecular formula is C18H21N3O3. The standard InChI is InChI=1S/C18H21N3O3/c1-24-15-6-2-4-13(10-15)11-20-9-8-16-14(5-3-7-17(16)20)12-21(23)18(19)22/h2-7,10,23H,8-9,11-12H2,1H3,(H2,19,22). The Balaban J connectivity index is 1.80. The lowest BCUT2D eigenvalue weighted by atomic mass is 10.0. The maximum Gasteiger partial charge on any atom is 0.338 e. The van der Waals surface area contributed by atoms with E-state index in [-0.39, 0.29) is 6.54 Å². The van der Waals surface area contributed by atoms with Crippen LogP contribution in [0.15, 0.2) is 42.5 Å². The molecule has 2 aromatic rings. The van der Waals surface area contributed by atoms with Crippen molar-refractivity contribution in [3.63, 3.8) is 0 Å². The molecule has 3 N–H and O–H groups in total. The van der Waals surface area contributed by atoms with Crippen LogP contribution in [-0.2, 0) is 19.5 Å². The molecule has 0 radical (unpaired) electrons. The number of carbonyl (C=O) groups is 1. The maximum atomic E-state index is 11.0. The van der Waals surface area contributed by atoms with Gasteiger partial charge in [-0.2, -0.15) is 0 Å². The molecule has 1 heterocycles. The van der Waals surface area contributed by atoms with Gasteiger partial charge in [0.15, 0.2) is 0 Å². The lowest BCUT2D eigenvalue weighted by molar-refractivity contribution is -0.0471. The van der Waals surface area contributed by atoms with Crippen molar-refractivity contribution in [1.29, 1.82) is 0 Å². The molecule has 0 aromatic heterocycles. The average Bonchev–Trinajstić information content (AvgIpc) is 2.99. The predicted octanol–water partition coefficient (Wildman–Crippen LogP) is 2.53. The Labute approximate surface area is 141 Å². The number of nitrogens with zero attached hydrogens (tertiary/aromatic N) is 2. The van der Waals surface area contributed by atoms with Gasteiger partial charge >= 0.3 is 6.03 Å². The quantitative estimate of drug-likeness (QED) is 0.653. The fourth-order valence-corrected chi connectivity index (χ4v) is 3.12. The molecule has 0 saturated carbocycles. The minimum atomic E-state index is -0.848. The monoisotopic (exact) mass is 327 g/mol. The number of urea groups is 1. The number of hydroxylamine groups is 2. The van der Waals surface area contributed by atoms with E-state index in [9.17, 15) is 10.0 Å². The van der Waals surface area contributed by atoms with Crippen LogP contribution in [0.2, 0.25) is 0 Å². The first-order valence-electron chi connectivity index (χ1n) is 7.83. The van der Waals surface area contributed by atoms with E-state index < -0.39 is 6.03 Å². The van der Waals surface area contributed by atoms with Crippen LogP contribution in [0, 0.1) is 0 Å². The van der Waals surface area contributed by atoms with Gasteiger partial charge in [-0.25, -0.2) is 9.86 Å². The predicted molar refractivity (Wildman–Crippen MR) is 91.1 cm³/mol. The molecule has 24 heavy (non-hydrogen) atoms. The molecule has 2 amide bonds. The summed E-state index contributed by atoms with van der Waals surface area (Å²) in [5, 5.41) is 10.1. The van der Waals surface area contributed by atoms with Gasteiger partial charge in [-0.15, -0.1) is 0 Å². The van der Waals surface area contributed by atoms with E-state index in [2.05, 4.69) is 17.0 Å². The molecule has 6 nitrogen and oxygen atoms in total. The van der Waals surface area contributed by atoms with E-state index in [0.717, 1.165) is 42.1 Å². The molecule has 126 valence electrons. The summed E-state index contributed by atoms with van der Waals surface area (Å²) in [6, 6.07) is 13.1. The third-order valence-corrected chi connectivity index (χ3v) is 4.30. The number of methoxy groups -OCH3 is 1. The normalized spacial score (nSPS) is 12.8. The highest BCUT2D eigenvalue weighted by Crippen LogP contribution is 2.32. The highest BCUT2D eigenvalue weighted by molar-refractivity contribution is 5.71. The zero-order valence-corrected chi connectivity index (χ0v) is 13.6. The zero-order valence-electron chi connectivity index (χ0n) is 13.6. The SMILES string of the molecule is COc1cccc(CN2CCc3c(CN(O)C(N)=O)cccc32)c1. The molecule has 3 rings (SSSR count). The van der Waals surface area contributed by atoms with Gasteiger partial charge in [0.05, 0.1) is 13.7 Å². The maximum absolute atomic E-state index is 11.0. The Morgan fingerprint density at radius 2 is 2.12 bits per heavy atom. The average molecular weight is 327 g/mol. The minimum Gasteiger partial charge on any atom is -0.497 e. The minimum absolute atomic E-state index is 0.103. The topological polar surface area (TPSA) is 79.0 Å². The molecule has 1 aliphatic rings. The van der Waals surface area contributed by atoms with Crippen LogP contribution in [-0.4, -0.2) is 30.0 Å². The largest absolute Gasteiger partial charge is 0.497 e. The Morgan fingerprint density at radius 3 is 2.88 bits per heavy atom. The van der Waals surface area contributed by atoms with Crippen molar-refractivity contribution < 1.29 is 14.7 Å². The number of rotatable bonds is 5. The fourth-order valence-electron chi connectivity index (χ4n) is 3.12. The smallest absolute Gasteiger partial charge is 0.338 e. The third kappa shape index (κ3) is 3.28. The molecule has 0 atom stereocenters. The van der Waals surface area contributed by atoms with Crippen LogP contribution >= 0.6 is 0 Å². The summed E-state index contributed by atoms with van der Waals surface area (Å²) in [6.45, 7) is 1.78. The van der Waals surface area contributed by atoms with Crippen molar-refractivity contribution in [3.05, 3.63) is 59.2 Å². The van der Waals surface area contributed by atoms with Gasteiger partial charge in [-0.3, -0.25) is 5.21 Å². The van der Waals surface area contributed by atoms with Gasteiger partial charge < -0.3 is 15.4 Å². The Morgan fingerprint density at radius 1 is 1.33 bits per heavy atom. The van der Waals surface area contributed by atoms with E-state index in [1.165, 1.54) is 5.56 Å². The lowest BCUT2D eigenvalue weighted by Gasteiger charge is -2.21. The molecule has 1 aliphatic heterocycles. The molecule has 2 aromatic carbocycles. The van der Waals surface area contributed by atoms with Gasteiger partial charge in [-0.05, 0) is 41.3 Å². The lowest BCUT2D eigenvalue weighted by Crippen LogP contribution is -2.32. The second-order valence-electron chi connectivity index (χ2n) is 5.83. The third-order valence-electron chi connectivity index (χ3n) is 4.30. The number of hydrogen-bond donors (Lipinski definition) is 2. The second-order valence-corrected chi connectivity index (χ2v) is 5.83. The zero-order chi connectivity index (χ0) is 17.1. The molecule has 0 aliphatic carbocycles. The molecule has 6 heteroatoms. The first-order chi connectivity index (χ1) is 11.6. The number of benzene rings is 2. The molecule has 0 unspecified atom stereocenters. The van der Waals surface area contributed by atoms with Crippen molar-refractivity contribution in [2.45, 2.75) is 19.5 Å². The highest BCUT2D eigenvalue weighted by Gasteiger charge is 2.23. The van der Waals surface area contributed by atoms with Crippen LogP contribution in [0.3, 0.4) is 0 Å². The summed E-state index contributed by atoms with van der Waals surface area (Å²) in [7, 11) is 1.66. The van der Waals surface area contributed by atoms with Gasteiger partial charge in [0, 0.05) is 18.8 Å². The van der Waals surface area contributed by atoms with Crippen LogP contribution in [0.1, 0.15) is 16.7 Å². The molecule has 0 bridgehead atoms. The van der Waals surface area contributed by atoms with E-state index >= 15 is 0 Å². The molecular weight excluding hydrogens is 306 g/mol. The number of carbonyl (C=O) groups excluding carboxylic acids is 1. The van der Waals surface area contributed by atoms with Crippen molar-refractivity contribution >= 4 is 11.7 Å². The van der Waals surface area contributed by atoms with E-state index in [1.807, 2.05) is 30.3 Å². The second kappa shape index (κ2) is 6.80. The first-order valence-corrected chi connectivity index (χ1v) is 7.83. The van der Waals surface area contributed by atoms with Gasteiger partial charge in [0.25, 0.3) is 0 Å². The Kier molecular flexibility index (Phi) is 4.57. The number of anilines is 1. The van der Waals surface area contributed by atoms with Crippen molar-refractivity contribution in [2.24, 2.45) is 5.73 Å². The summed E-state index contributed by atoms with van der Waals surface area (Å²) in [4.78, 5) is 13.3. The van der Waals surface area contributed by atoms with Gasteiger partial charge in [0.2, 0.25) is 0 Å². The van der Waals surface area contributed by atoms with Crippen LogP contribution < -0.4 is 15.4 Å². The van der Waals surface area contributed by atoms with Gasteiger partial charge in [0.1, 0.15) is 5.75 Å². The fraction of sp³-hybridized carbons (Fsp3) is 0.278. The Hall–Kier alpha value is -2.73. The van der Waals surface area contributed by atoms with Crippen molar-refractivity contribution in [1.82, 2.24) is 5.06 Å². The highest BCUT2D eigenvalue weighted by atomic mass is 16.5. The van der Waals surface area contributed by atoms with Crippen molar-refractivity contribution in [2.75, 3.05) is 18.6 Å². The summed E-state index contributed by atoms with van der Waals surface area (Å²) in [5.74, 6) is 0.845. The van der Waals surface area contributed by atoms with E-state index in [4.69, 9.17) is 10.5 Å². The summed E-state index contributed by atoms with van der Waals surface area (Å²) >= 11 is 0. The number of hydrogen-bond acceptors (Lipinski definition) is 4. The number of ether oxygens (including phenoxy) is 1. The summed E-state index contributed by atoms with van der Waals surface area (Å²) in [6.07, 6.45) is 0.877. The molecule has 0 fully saturated rings. The molecule has 0 spiro atoms. The number of fused-ring (bicyclic) bond motifs is 1. The van der Waals surface area contributed by atoms with E-state index in [1.54, 1.807) is 7.11 Å². The van der Waals surface area contributed by atoms with Crippen LogP contribution in [0.25, 0.3) is 0 Å². The summed E-state index contributed by atoms with van der Waals surface area (Å²) < 4.78 is 5.28. The van der Waals surface area contributed by atoms with E-state index in [0.29, 0.717) is 5.06 Å². The number of nitrogens with two attached hydrogens (primary N) is 1. The summed E-state index contributed by atoms with van der Waals surface area (Å²) in [5.41, 5.74) is 9.48. The Bertz CT molecular complexity index is 748. The number of primary amides is 1. The van der Waals surface area contributed by atoms with Crippen LogP contribution in [0.4, 0.5) is 10.5 Å². The van der Waals surface area contributed by atoms with Crippen LogP contribution in [0.5, 0.6) is 5.75 Å². The van der Waals surface area contributed by atoms with Crippen molar-refractivity contribution in [3.8, 4) is 5.75 Å². The number of amides is 2. The molecule has 0 saturated heterocycles. The first kappa shape index (κ1) is 16.1. The van der Waals surface area contributed by atoms with Gasteiger partial charge in [-0.1, -0.05) is 24.3 Å².